The number of halogens is 1. The van der Waals surface area contributed by atoms with Crippen molar-refractivity contribution in [3.05, 3.63) is 45.5 Å². The average Bonchev–Trinajstić information content (AvgIpc) is 3.92. The number of carbonyl (C=O) groups excluding carboxylic acids is 2. The molecule has 0 bridgehead atoms. The summed E-state index contributed by atoms with van der Waals surface area (Å²) in [6.07, 6.45) is 5.31. The Morgan fingerprint density at radius 1 is 1.14 bits per heavy atom. The fourth-order valence-corrected chi connectivity index (χ4v) is 9.52. The maximum atomic E-state index is 15.2. The molecule has 3 N–H and O–H groups in total. The van der Waals surface area contributed by atoms with Crippen LogP contribution in [0.3, 0.4) is 0 Å². The van der Waals surface area contributed by atoms with Gasteiger partial charge in [-0.15, -0.1) is 5.10 Å². The number of aromatic amines is 1. The van der Waals surface area contributed by atoms with E-state index < -0.39 is 37.9 Å². The van der Waals surface area contributed by atoms with Crippen LogP contribution in [0.25, 0.3) is 0 Å². The Labute approximate surface area is 244 Å². The maximum Gasteiger partial charge on any atom is 0.276 e. The number of carbonyl (C=O) groups is 2. The molecule has 2 atom stereocenters. The zero-order chi connectivity index (χ0) is 30.2. The van der Waals surface area contributed by atoms with Crippen LogP contribution in [-0.2, 0) is 4.79 Å². The summed E-state index contributed by atoms with van der Waals surface area (Å²) in [6, 6.07) is 3.31. The van der Waals surface area contributed by atoms with Gasteiger partial charge >= 0.3 is 0 Å². The van der Waals surface area contributed by atoms with Crippen molar-refractivity contribution >= 4 is 30.9 Å². The number of nitrogens with one attached hydrogen (secondary N) is 3. The van der Waals surface area contributed by atoms with E-state index in [0.717, 1.165) is 49.1 Å². The van der Waals surface area contributed by atoms with Crippen molar-refractivity contribution in [1.29, 1.82) is 0 Å². The summed E-state index contributed by atoms with van der Waals surface area (Å²) >= 11 is 0. The molecule has 5 rings (SSSR count). The number of hydrogen-bond acceptors (Lipinski definition) is 8. The van der Waals surface area contributed by atoms with E-state index in [4.69, 9.17) is 0 Å². The predicted molar refractivity (Wildman–Crippen MR) is 156 cm³/mol. The molecule has 0 radical (unpaired) electrons. The van der Waals surface area contributed by atoms with Crippen LogP contribution in [0, 0.1) is 30.6 Å². The summed E-state index contributed by atoms with van der Waals surface area (Å²) in [6.45, 7) is 9.82. The van der Waals surface area contributed by atoms with E-state index in [1.807, 2.05) is 6.07 Å². The van der Waals surface area contributed by atoms with Gasteiger partial charge in [0.2, 0.25) is 5.91 Å². The molecule has 0 aromatic carbocycles. The topological polar surface area (TPSA) is 161 Å². The quantitative estimate of drug-likeness (QED) is 0.253. The molecule has 226 valence electrons. The smallest absolute Gasteiger partial charge is 0.276 e. The van der Waals surface area contributed by atoms with Crippen LogP contribution in [0.15, 0.2) is 21.7 Å². The molecule has 0 spiro atoms. The summed E-state index contributed by atoms with van der Waals surface area (Å²) in [5, 5.41) is 24.8. The molecule has 2 aliphatic carbocycles. The normalized spacial score (nSPS) is 16.8. The van der Waals surface area contributed by atoms with Crippen LogP contribution in [0.1, 0.15) is 81.2 Å². The molecular weight excluding hydrogens is 559 g/mol. The number of amides is 2. The van der Waals surface area contributed by atoms with E-state index in [1.54, 1.807) is 13.8 Å². The van der Waals surface area contributed by atoms with Crippen molar-refractivity contribution in [1.82, 2.24) is 35.6 Å². The van der Waals surface area contributed by atoms with E-state index in [0.29, 0.717) is 23.1 Å². The lowest BCUT2D eigenvalue weighted by Crippen LogP contribution is -2.50. The molecule has 3 aromatic heterocycles. The summed E-state index contributed by atoms with van der Waals surface area (Å²) in [7, 11) is -1.88. The van der Waals surface area contributed by atoms with Crippen molar-refractivity contribution < 1.29 is 18.6 Å². The van der Waals surface area contributed by atoms with Gasteiger partial charge in [-0.1, -0.05) is 44.1 Å². The second-order valence-corrected chi connectivity index (χ2v) is 17.0. The molecule has 3 aromatic rings. The molecule has 42 heavy (non-hydrogen) atoms. The fourth-order valence-electron chi connectivity index (χ4n) is 6.18. The average molecular weight is 599 g/mol. The highest BCUT2D eigenvalue weighted by Gasteiger charge is 2.48. The van der Waals surface area contributed by atoms with Gasteiger partial charge in [0.1, 0.15) is 25.5 Å². The molecule has 12 nitrogen and oxygen atoms in total. The van der Waals surface area contributed by atoms with Crippen molar-refractivity contribution in [2.75, 3.05) is 5.32 Å². The lowest BCUT2D eigenvalue weighted by molar-refractivity contribution is -0.119. The first-order valence-electron chi connectivity index (χ1n) is 14.9. The third kappa shape index (κ3) is 5.81. The third-order valence-corrected chi connectivity index (χ3v) is 14.8. The number of anilines is 1. The van der Waals surface area contributed by atoms with Crippen molar-refractivity contribution in [3.63, 3.8) is 0 Å². The fraction of sp³-hybridized carbons (Fsp3) is 0.607. The maximum absolute atomic E-state index is 15.2. The molecule has 1 unspecified atom stereocenters. The zero-order valence-corrected chi connectivity index (χ0v) is 25.7. The van der Waals surface area contributed by atoms with Crippen molar-refractivity contribution in [3.8, 4) is 0 Å². The van der Waals surface area contributed by atoms with Crippen LogP contribution in [0.5, 0.6) is 0 Å². The Kier molecular flexibility index (Phi) is 8.44. The van der Waals surface area contributed by atoms with Gasteiger partial charge in [0.25, 0.3) is 17.4 Å². The van der Waals surface area contributed by atoms with Gasteiger partial charge in [0.05, 0.1) is 12.2 Å². The van der Waals surface area contributed by atoms with Crippen molar-refractivity contribution in [2.24, 2.45) is 17.8 Å². The standard InChI is InChI=1S/C28H39FN8O4Si/c1-6-42(7-2,8-3)21-13-19(26(38)33-32-21)16(5)37-14-20(25(29)34-37)30-28(40)24(22(17-9-10-17)18-11-12-18)31-27(39)23-15(4)35-41-36-23/h13-14,16-18,22,24H,6-12H2,1-5H3,(H,30,40)(H,31,39)(H,33,38)/t16?,24-/m0/s1. The summed E-state index contributed by atoms with van der Waals surface area (Å²) in [5.41, 5.74) is 0.260. The molecule has 2 saturated carbocycles. The minimum Gasteiger partial charge on any atom is -0.338 e. The lowest BCUT2D eigenvalue weighted by atomic mass is 9.88. The minimum atomic E-state index is -1.88. The monoisotopic (exact) mass is 598 g/mol. The van der Waals surface area contributed by atoms with E-state index >= 15 is 4.39 Å². The minimum absolute atomic E-state index is 0.00853. The Morgan fingerprint density at radius 3 is 2.33 bits per heavy atom. The highest BCUT2D eigenvalue weighted by atomic mass is 28.3. The van der Waals surface area contributed by atoms with Crippen LogP contribution >= 0.6 is 0 Å². The number of hydrogen-bond donors (Lipinski definition) is 3. The number of aromatic nitrogens is 6. The van der Waals surface area contributed by atoms with Crippen LogP contribution < -0.4 is 21.5 Å². The Bertz CT molecular complexity index is 1490. The predicted octanol–water partition coefficient (Wildman–Crippen LogP) is 3.30. The Hall–Kier alpha value is -3.68. The van der Waals surface area contributed by atoms with E-state index in [1.165, 1.54) is 10.9 Å². The SMILES string of the molecule is CC[Si](CC)(CC)c1cc(C(C)n2cc(NC(=O)[C@@H](NC(=O)c3nonc3C)C(C3CC3)C3CC3)c(F)n2)c(=O)[nH]n1. The lowest BCUT2D eigenvalue weighted by Gasteiger charge is -2.27. The van der Waals surface area contributed by atoms with Gasteiger partial charge in [0.15, 0.2) is 5.69 Å². The van der Waals surface area contributed by atoms with Crippen LogP contribution in [-0.4, -0.2) is 56.2 Å². The first-order chi connectivity index (χ1) is 20.1. The second-order valence-electron chi connectivity index (χ2n) is 11.8. The number of nitrogens with zero attached hydrogens (tertiary/aromatic N) is 5. The van der Waals surface area contributed by atoms with E-state index in [-0.39, 0.29) is 22.9 Å². The van der Waals surface area contributed by atoms with Gasteiger partial charge in [-0.3, -0.25) is 19.1 Å². The van der Waals surface area contributed by atoms with Crippen LogP contribution in [0.2, 0.25) is 18.1 Å². The molecule has 0 saturated heterocycles. The largest absolute Gasteiger partial charge is 0.338 e. The summed E-state index contributed by atoms with van der Waals surface area (Å²) < 4.78 is 21.2. The van der Waals surface area contributed by atoms with Gasteiger partial charge in [-0.25, -0.2) is 9.73 Å². The van der Waals surface area contributed by atoms with Gasteiger partial charge in [0, 0.05) is 10.9 Å². The van der Waals surface area contributed by atoms with Gasteiger partial charge in [-0.05, 0) is 68.5 Å². The van der Waals surface area contributed by atoms with E-state index in [2.05, 4.69) is 61.6 Å². The first-order valence-corrected chi connectivity index (χ1v) is 17.5. The molecule has 2 amide bonds. The van der Waals surface area contributed by atoms with E-state index in [9.17, 15) is 14.4 Å². The summed E-state index contributed by atoms with van der Waals surface area (Å²) in [5.74, 6) is -1.41. The highest BCUT2D eigenvalue weighted by molar-refractivity contribution is 6.91. The zero-order valence-electron chi connectivity index (χ0n) is 24.7. The molecule has 14 heteroatoms. The molecule has 3 heterocycles. The number of aryl methyl sites for hydroxylation is 1. The van der Waals surface area contributed by atoms with Crippen molar-refractivity contribution in [2.45, 2.75) is 90.5 Å². The molecular formula is C28H39FN8O4Si. The first kappa shape index (κ1) is 29.8. The Morgan fingerprint density at radius 2 is 1.79 bits per heavy atom. The number of rotatable bonds is 13. The molecule has 2 aliphatic rings. The summed E-state index contributed by atoms with van der Waals surface area (Å²) in [4.78, 5) is 39.5. The third-order valence-electron chi connectivity index (χ3n) is 9.35. The van der Waals surface area contributed by atoms with Crippen LogP contribution in [0.4, 0.5) is 10.1 Å². The van der Waals surface area contributed by atoms with Gasteiger partial charge < -0.3 is 10.6 Å². The molecule has 2 fully saturated rings. The second kappa shape index (κ2) is 11.9. The molecule has 0 aliphatic heterocycles. The number of H-pyrrole nitrogens is 1. The Balaban J connectivity index is 1.39. The highest BCUT2D eigenvalue weighted by Crippen LogP contribution is 2.51. The van der Waals surface area contributed by atoms with Gasteiger partial charge in [-0.2, -0.15) is 9.49 Å².